The Labute approximate surface area is 290 Å². The lowest BCUT2D eigenvalue weighted by molar-refractivity contribution is -0.147. The number of hydrogen-bond donors (Lipinski definition) is 4. The molecule has 0 aliphatic carbocycles. The number of ether oxygens (including phenoxy) is 1. The van der Waals surface area contributed by atoms with Gasteiger partial charge >= 0.3 is 11.9 Å². The minimum atomic E-state index is -1.39. The molecule has 0 aromatic heterocycles. The van der Waals surface area contributed by atoms with Gasteiger partial charge in [0.05, 0.1) is 13.2 Å². The van der Waals surface area contributed by atoms with Crippen molar-refractivity contribution >= 4 is 23.8 Å². The van der Waals surface area contributed by atoms with E-state index >= 15 is 0 Å². The quantitative estimate of drug-likeness (QED) is 0.0334. The second-order valence-electron chi connectivity index (χ2n) is 11.9. The van der Waals surface area contributed by atoms with Crippen LogP contribution in [0.15, 0.2) is 60.8 Å². The molecule has 2 atom stereocenters. The Morgan fingerprint density at radius 3 is 1.90 bits per heavy atom. The number of amides is 2. The summed E-state index contributed by atoms with van der Waals surface area (Å²) in [6.45, 7) is 3.26. The Bertz CT molecular complexity index is 1000. The van der Waals surface area contributed by atoms with Crippen molar-refractivity contribution in [1.82, 2.24) is 10.6 Å². The summed E-state index contributed by atoms with van der Waals surface area (Å²) in [5.74, 6) is -2.46. The van der Waals surface area contributed by atoms with Crippen LogP contribution in [0, 0.1) is 0 Å². The average Bonchev–Trinajstić information content (AvgIpc) is 3.07. The van der Waals surface area contributed by atoms with E-state index in [1.165, 1.54) is 19.3 Å². The molecule has 0 fully saturated rings. The third kappa shape index (κ3) is 29.9. The van der Waals surface area contributed by atoms with E-state index in [1.807, 2.05) is 6.08 Å². The summed E-state index contributed by atoms with van der Waals surface area (Å²) >= 11 is 0. The van der Waals surface area contributed by atoms with E-state index in [9.17, 15) is 19.2 Å². The molecular formula is C39H64N2O7. The van der Waals surface area contributed by atoms with Gasteiger partial charge in [0.1, 0.15) is 12.1 Å². The molecule has 0 saturated heterocycles. The highest BCUT2D eigenvalue weighted by Gasteiger charge is 2.18. The maximum absolute atomic E-state index is 12.6. The lowest BCUT2D eigenvalue weighted by atomic mass is 10.1. The Balaban J connectivity index is 4.32. The minimum absolute atomic E-state index is 0.157. The number of allylic oxidation sites excluding steroid dienone is 9. The fourth-order valence-electron chi connectivity index (χ4n) is 4.67. The van der Waals surface area contributed by atoms with Crippen LogP contribution in [0.25, 0.3) is 0 Å². The van der Waals surface area contributed by atoms with Crippen molar-refractivity contribution in [2.24, 2.45) is 0 Å². The van der Waals surface area contributed by atoms with E-state index in [2.05, 4.69) is 79.2 Å². The second-order valence-corrected chi connectivity index (χ2v) is 11.9. The SMILES string of the molecule is CC/C=C\C/C=C\C/C=C\C/C=C\CCCCC(=O)OC(/C=C\CCCCCC)CCCCCCC(=O)NCC(=O)NC(CO)C(=O)O. The van der Waals surface area contributed by atoms with Crippen LogP contribution < -0.4 is 10.6 Å². The maximum atomic E-state index is 12.6. The first-order valence-electron chi connectivity index (χ1n) is 18.2. The Kier molecular flexibility index (Phi) is 31.0. The lowest BCUT2D eigenvalue weighted by Gasteiger charge is -2.15. The van der Waals surface area contributed by atoms with Crippen molar-refractivity contribution in [2.75, 3.05) is 13.2 Å². The highest BCUT2D eigenvalue weighted by molar-refractivity contribution is 5.87. The molecule has 0 heterocycles. The van der Waals surface area contributed by atoms with Crippen molar-refractivity contribution in [3.63, 3.8) is 0 Å². The van der Waals surface area contributed by atoms with Crippen molar-refractivity contribution in [3.8, 4) is 0 Å². The number of carboxylic acid groups (broad SMARTS) is 1. The number of carbonyl (C=O) groups is 4. The van der Waals surface area contributed by atoms with Crippen LogP contribution >= 0.6 is 0 Å². The summed E-state index contributed by atoms with van der Waals surface area (Å²) in [4.78, 5) is 47.2. The number of esters is 1. The predicted molar refractivity (Wildman–Crippen MR) is 194 cm³/mol. The molecule has 0 radical (unpaired) electrons. The lowest BCUT2D eigenvalue weighted by Crippen LogP contribution is -2.47. The number of unbranched alkanes of at least 4 members (excludes halogenated alkanes) is 9. The zero-order valence-corrected chi connectivity index (χ0v) is 29.7. The van der Waals surface area contributed by atoms with Crippen molar-refractivity contribution in [1.29, 1.82) is 0 Å². The first-order chi connectivity index (χ1) is 23.3. The minimum Gasteiger partial charge on any atom is -0.480 e. The summed E-state index contributed by atoms with van der Waals surface area (Å²) in [6.07, 6.45) is 38.4. The molecule has 9 heteroatoms. The zero-order valence-electron chi connectivity index (χ0n) is 29.7. The number of nitrogens with one attached hydrogen (secondary N) is 2. The molecule has 4 N–H and O–H groups in total. The van der Waals surface area contributed by atoms with Gasteiger partial charge in [-0.15, -0.1) is 0 Å². The predicted octanol–water partition coefficient (Wildman–Crippen LogP) is 7.81. The highest BCUT2D eigenvalue weighted by atomic mass is 16.5. The highest BCUT2D eigenvalue weighted by Crippen LogP contribution is 2.14. The van der Waals surface area contributed by atoms with Crippen LogP contribution in [0.5, 0.6) is 0 Å². The Hall–Kier alpha value is -3.46. The monoisotopic (exact) mass is 672 g/mol. The van der Waals surface area contributed by atoms with Crippen LogP contribution in [0.2, 0.25) is 0 Å². The molecule has 0 rings (SSSR count). The molecule has 0 aromatic rings. The number of aliphatic hydroxyl groups is 1. The summed E-state index contributed by atoms with van der Waals surface area (Å²) in [5, 5.41) is 22.4. The summed E-state index contributed by atoms with van der Waals surface area (Å²) in [7, 11) is 0. The molecule has 0 bridgehead atoms. The third-order valence-corrected chi connectivity index (χ3v) is 7.48. The third-order valence-electron chi connectivity index (χ3n) is 7.48. The molecule has 0 saturated carbocycles. The molecule has 2 amide bonds. The van der Waals surface area contributed by atoms with Gasteiger partial charge < -0.3 is 25.6 Å². The maximum Gasteiger partial charge on any atom is 0.328 e. The number of carbonyl (C=O) groups excluding carboxylic acids is 3. The largest absolute Gasteiger partial charge is 0.480 e. The molecule has 48 heavy (non-hydrogen) atoms. The van der Waals surface area contributed by atoms with Crippen LogP contribution in [0.1, 0.15) is 136 Å². The fourth-order valence-corrected chi connectivity index (χ4v) is 4.67. The molecule has 0 aliphatic rings. The van der Waals surface area contributed by atoms with Gasteiger partial charge in [0, 0.05) is 12.8 Å². The van der Waals surface area contributed by atoms with Crippen LogP contribution in [0.3, 0.4) is 0 Å². The van der Waals surface area contributed by atoms with Gasteiger partial charge in [-0.3, -0.25) is 14.4 Å². The molecule has 2 unspecified atom stereocenters. The number of aliphatic hydroxyl groups excluding tert-OH is 1. The van der Waals surface area contributed by atoms with Crippen LogP contribution in [-0.4, -0.2) is 59.3 Å². The molecule has 0 aromatic carbocycles. The Morgan fingerprint density at radius 1 is 0.667 bits per heavy atom. The van der Waals surface area contributed by atoms with Gasteiger partial charge in [0.25, 0.3) is 0 Å². The standard InChI is InChI=1S/C39H64N2O7/c1-3-5-7-9-11-12-13-14-15-16-17-18-19-21-27-31-38(45)48-34(28-24-20-10-8-6-4-2)29-25-22-23-26-30-36(43)40-32-37(44)41-35(33-42)39(46)47/h5,7,11-12,14-15,17-18,24,28,34-35,42H,3-4,6,8-10,13,16,19-23,25-27,29-33H2,1-2H3,(H,40,43)(H,41,44)(H,46,47)/b7-5-,12-11-,15-14-,18-17-,28-24-. The summed E-state index contributed by atoms with van der Waals surface area (Å²) in [6, 6.07) is -1.39. The van der Waals surface area contributed by atoms with E-state index < -0.39 is 24.5 Å². The number of carboxylic acids is 1. The topological polar surface area (TPSA) is 142 Å². The molecule has 0 aliphatic heterocycles. The summed E-state index contributed by atoms with van der Waals surface area (Å²) in [5.41, 5.74) is 0. The first-order valence-corrected chi connectivity index (χ1v) is 18.2. The van der Waals surface area contributed by atoms with E-state index in [4.69, 9.17) is 14.9 Å². The van der Waals surface area contributed by atoms with Crippen molar-refractivity contribution in [2.45, 2.75) is 148 Å². The zero-order chi connectivity index (χ0) is 35.5. The van der Waals surface area contributed by atoms with E-state index in [1.54, 1.807) is 0 Å². The van der Waals surface area contributed by atoms with Crippen LogP contribution in [0.4, 0.5) is 0 Å². The smallest absolute Gasteiger partial charge is 0.328 e. The summed E-state index contributed by atoms with van der Waals surface area (Å²) < 4.78 is 5.83. The van der Waals surface area contributed by atoms with E-state index in [-0.39, 0.29) is 30.9 Å². The second kappa shape index (κ2) is 33.4. The van der Waals surface area contributed by atoms with Gasteiger partial charge in [-0.25, -0.2) is 4.79 Å². The van der Waals surface area contributed by atoms with Crippen molar-refractivity contribution in [3.05, 3.63) is 60.8 Å². The number of rotatable bonds is 31. The Morgan fingerprint density at radius 2 is 1.25 bits per heavy atom. The van der Waals surface area contributed by atoms with Gasteiger partial charge in [-0.2, -0.15) is 0 Å². The number of aliphatic carboxylic acids is 1. The molecule has 0 spiro atoms. The van der Waals surface area contributed by atoms with Gasteiger partial charge in [0.2, 0.25) is 11.8 Å². The molecular weight excluding hydrogens is 608 g/mol. The van der Waals surface area contributed by atoms with Gasteiger partial charge in [0.15, 0.2) is 0 Å². The average molecular weight is 673 g/mol. The fraction of sp³-hybridized carbons (Fsp3) is 0.641. The van der Waals surface area contributed by atoms with E-state index in [0.29, 0.717) is 12.8 Å². The normalized spacial score (nSPS) is 13.2. The molecule has 9 nitrogen and oxygen atoms in total. The first kappa shape index (κ1) is 44.5. The van der Waals surface area contributed by atoms with Crippen LogP contribution in [-0.2, 0) is 23.9 Å². The van der Waals surface area contributed by atoms with E-state index in [0.717, 1.165) is 83.5 Å². The van der Waals surface area contributed by atoms with Crippen molar-refractivity contribution < 1.29 is 34.1 Å². The van der Waals surface area contributed by atoms with Gasteiger partial charge in [-0.1, -0.05) is 101 Å². The molecule has 272 valence electrons. The number of hydrogen-bond acceptors (Lipinski definition) is 6. The van der Waals surface area contributed by atoms with Gasteiger partial charge in [-0.05, 0) is 83.1 Å².